The fourth-order valence-corrected chi connectivity index (χ4v) is 3.59. The molecule has 0 aromatic heterocycles. The number of para-hydroxylation sites is 1. The zero-order valence-electron chi connectivity index (χ0n) is 18.1. The van der Waals surface area contributed by atoms with Crippen molar-refractivity contribution in [2.24, 2.45) is 4.99 Å². The van der Waals surface area contributed by atoms with Crippen LogP contribution in [0.1, 0.15) is 30.0 Å². The molecule has 1 aliphatic rings. The molecule has 0 amide bonds. The molecule has 7 heteroatoms. The molecule has 33 heavy (non-hydrogen) atoms. The van der Waals surface area contributed by atoms with Crippen molar-refractivity contribution in [2.45, 2.75) is 38.6 Å². The molecule has 0 radical (unpaired) electrons. The van der Waals surface area contributed by atoms with Crippen molar-refractivity contribution in [3.8, 4) is 17.2 Å². The van der Waals surface area contributed by atoms with Gasteiger partial charge >= 0.3 is 6.18 Å². The highest BCUT2D eigenvalue weighted by Gasteiger charge is 2.34. The Morgan fingerprint density at radius 2 is 1.73 bits per heavy atom. The summed E-state index contributed by atoms with van der Waals surface area (Å²) in [4.78, 5) is 4.33. The number of benzene rings is 3. The number of aliphatic imine (C=N–C) groups is 1. The highest BCUT2D eigenvalue weighted by atomic mass is 19.4. The Kier molecular flexibility index (Phi) is 6.87. The summed E-state index contributed by atoms with van der Waals surface area (Å²) in [6.45, 7) is 2.24. The molecule has 1 atom stereocenters. The number of nitrogens with zero attached hydrogens (tertiary/aromatic N) is 1. The van der Waals surface area contributed by atoms with Crippen LogP contribution in [0.3, 0.4) is 0 Å². The number of hydrogen-bond donors (Lipinski definition) is 0. The molecule has 4 nitrogen and oxygen atoms in total. The third-order valence-electron chi connectivity index (χ3n) is 5.24. The minimum absolute atomic E-state index is 0.0121. The van der Waals surface area contributed by atoms with E-state index in [0.29, 0.717) is 48.0 Å². The average Bonchev–Trinajstić information content (AvgIpc) is 3.22. The van der Waals surface area contributed by atoms with E-state index in [9.17, 15) is 13.2 Å². The Morgan fingerprint density at radius 3 is 2.45 bits per heavy atom. The van der Waals surface area contributed by atoms with Gasteiger partial charge in [0, 0.05) is 6.92 Å². The van der Waals surface area contributed by atoms with Crippen LogP contribution in [-0.2, 0) is 23.9 Å². The van der Waals surface area contributed by atoms with Gasteiger partial charge in [-0.2, -0.15) is 13.2 Å². The summed E-state index contributed by atoms with van der Waals surface area (Å²) in [6, 6.07) is 20.6. The van der Waals surface area contributed by atoms with Crippen molar-refractivity contribution >= 4 is 5.90 Å². The molecule has 172 valence electrons. The fourth-order valence-electron chi connectivity index (χ4n) is 3.59. The molecular formula is C26H24F3NO3. The van der Waals surface area contributed by atoms with Crippen molar-refractivity contribution < 1.29 is 27.4 Å². The van der Waals surface area contributed by atoms with E-state index in [1.807, 2.05) is 30.3 Å². The molecule has 4 rings (SSSR count). The molecule has 1 unspecified atom stereocenters. The van der Waals surface area contributed by atoms with Crippen LogP contribution < -0.4 is 9.47 Å². The van der Waals surface area contributed by atoms with Crippen LogP contribution in [0, 0.1) is 0 Å². The first-order valence-corrected chi connectivity index (χ1v) is 10.7. The minimum Gasteiger partial charge on any atom is -0.488 e. The highest BCUT2D eigenvalue weighted by molar-refractivity contribution is 5.74. The molecular weight excluding hydrogens is 431 g/mol. The van der Waals surface area contributed by atoms with Crippen molar-refractivity contribution in [2.75, 3.05) is 6.61 Å². The van der Waals surface area contributed by atoms with Crippen molar-refractivity contribution in [3.05, 3.63) is 89.5 Å². The van der Waals surface area contributed by atoms with Crippen molar-refractivity contribution in [1.82, 2.24) is 0 Å². The first-order valence-electron chi connectivity index (χ1n) is 10.7. The van der Waals surface area contributed by atoms with E-state index in [2.05, 4.69) is 4.99 Å². The molecule has 0 N–H and O–H groups in total. The summed E-state index contributed by atoms with van der Waals surface area (Å²) in [6.07, 6.45) is -3.41. The van der Waals surface area contributed by atoms with Crippen LogP contribution in [0.2, 0.25) is 0 Å². The molecule has 0 aliphatic carbocycles. The molecule has 0 spiro atoms. The summed E-state index contributed by atoms with van der Waals surface area (Å²) in [7, 11) is 0. The average molecular weight is 455 g/mol. The Hall–Kier alpha value is -3.48. The van der Waals surface area contributed by atoms with E-state index in [1.54, 1.807) is 37.3 Å². The van der Waals surface area contributed by atoms with E-state index in [-0.39, 0.29) is 18.4 Å². The maximum Gasteiger partial charge on any atom is 0.419 e. The lowest BCUT2D eigenvalue weighted by Crippen LogP contribution is -2.11. The van der Waals surface area contributed by atoms with Crippen LogP contribution in [0.25, 0.3) is 0 Å². The van der Waals surface area contributed by atoms with Crippen LogP contribution in [0.15, 0.2) is 77.8 Å². The molecule has 0 bridgehead atoms. The lowest BCUT2D eigenvalue weighted by Gasteiger charge is -2.16. The summed E-state index contributed by atoms with van der Waals surface area (Å²) in [5.74, 6) is 1.69. The van der Waals surface area contributed by atoms with Gasteiger partial charge in [0.25, 0.3) is 0 Å². The predicted molar refractivity (Wildman–Crippen MR) is 120 cm³/mol. The van der Waals surface area contributed by atoms with Gasteiger partial charge in [0.05, 0.1) is 11.6 Å². The SMILES string of the molecule is CC1=NC(CCc2ccc(OCc3cccc(Oc4ccccc4)c3)c(C(F)(F)F)c2)CO1. The van der Waals surface area contributed by atoms with Gasteiger partial charge in [0.2, 0.25) is 0 Å². The third kappa shape index (κ3) is 6.28. The second kappa shape index (κ2) is 9.98. The summed E-state index contributed by atoms with van der Waals surface area (Å²) in [5, 5.41) is 0. The van der Waals surface area contributed by atoms with Crippen LogP contribution in [0.4, 0.5) is 13.2 Å². The second-order valence-corrected chi connectivity index (χ2v) is 7.83. The third-order valence-corrected chi connectivity index (χ3v) is 5.24. The number of hydrogen-bond acceptors (Lipinski definition) is 4. The number of ether oxygens (including phenoxy) is 3. The standard InChI is InChI=1S/C26H24F3NO3/c1-18-30-21(17-31-18)12-10-19-11-13-25(24(15-19)26(27,28)29)32-16-20-6-5-9-23(14-20)33-22-7-3-2-4-8-22/h2-9,11,13-15,21H,10,12,16-17H2,1H3. The Bertz CT molecular complexity index is 1110. The number of rotatable bonds is 8. The first-order chi connectivity index (χ1) is 15.9. The zero-order chi connectivity index (χ0) is 23.3. The maximum atomic E-state index is 13.7. The van der Waals surface area contributed by atoms with Gasteiger partial charge in [-0.3, -0.25) is 0 Å². The molecule has 0 saturated carbocycles. The smallest absolute Gasteiger partial charge is 0.419 e. The van der Waals surface area contributed by atoms with Gasteiger partial charge in [-0.1, -0.05) is 36.4 Å². The van der Waals surface area contributed by atoms with Gasteiger partial charge in [0.1, 0.15) is 30.5 Å². The predicted octanol–water partition coefficient (Wildman–Crippen LogP) is 6.83. The second-order valence-electron chi connectivity index (χ2n) is 7.83. The summed E-state index contributed by atoms with van der Waals surface area (Å²) < 4.78 is 57.8. The Labute approximate surface area is 190 Å². The van der Waals surface area contributed by atoms with Gasteiger partial charge in [-0.15, -0.1) is 0 Å². The van der Waals surface area contributed by atoms with E-state index in [4.69, 9.17) is 14.2 Å². The number of aryl methyl sites for hydroxylation is 1. The molecule has 3 aromatic rings. The fraction of sp³-hybridized carbons (Fsp3) is 0.269. The van der Waals surface area contributed by atoms with Crippen LogP contribution in [-0.4, -0.2) is 18.5 Å². The van der Waals surface area contributed by atoms with Crippen LogP contribution in [0.5, 0.6) is 17.2 Å². The van der Waals surface area contributed by atoms with Crippen molar-refractivity contribution in [3.63, 3.8) is 0 Å². The van der Waals surface area contributed by atoms with Gasteiger partial charge in [-0.05, 0) is 60.4 Å². The lowest BCUT2D eigenvalue weighted by atomic mass is 10.0. The summed E-state index contributed by atoms with van der Waals surface area (Å²) >= 11 is 0. The molecule has 1 aliphatic heterocycles. The molecule has 1 heterocycles. The van der Waals surface area contributed by atoms with Gasteiger partial charge in [0.15, 0.2) is 5.90 Å². The van der Waals surface area contributed by atoms with Crippen LogP contribution >= 0.6 is 0 Å². The Morgan fingerprint density at radius 1 is 0.939 bits per heavy atom. The van der Waals surface area contributed by atoms with Gasteiger partial charge in [-0.25, -0.2) is 4.99 Å². The van der Waals surface area contributed by atoms with Crippen molar-refractivity contribution in [1.29, 1.82) is 0 Å². The van der Waals surface area contributed by atoms with E-state index in [0.717, 1.165) is 6.07 Å². The lowest BCUT2D eigenvalue weighted by molar-refractivity contribution is -0.139. The normalized spacial score (nSPS) is 15.6. The van der Waals surface area contributed by atoms with E-state index >= 15 is 0 Å². The zero-order valence-corrected chi connectivity index (χ0v) is 18.1. The quantitative estimate of drug-likeness (QED) is 0.374. The topological polar surface area (TPSA) is 40.0 Å². The molecule has 0 fully saturated rings. The van der Waals surface area contributed by atoms with E-state index < -0.39 is 11.7 Å². The molecule has 3 aromatic carbocycles. The number of alkyl halides is 3. The number of halogens is 3. The monoisotopic (exact) mass is 455 g/mol. The summed E-state index contributed by atoms with van der Waals surface area (Å²) in [5.41, 5.74) is 0.516. The largest absolute Gasteiger partial charge is 0.488 e. The highest BCUT2D eigenvalue weighted by Crippen LogP contribution is 2.37. The van der Waals surface area contributed by atoms with Gasteiger partial charge < -0.3 is 14.2 Å². The first kappa shape index (κ1) is 22.7. The Balaban J connectivity index is 1.43. The van der Waals surface area contributed by atoms with E-state index in [1.165, 1.54) is 6.07 Å². The maximum absolute atomic E-state index is 13.7. The molecule has 0 saturated heterocycles. The minimum atomic E-state index is -4.52.